The standard InChI is InChI=1S/C61H92N2O19/c1-27-14-17-42(78-47-25-59(10,62)54(35(9)77-47)63-58(71)73-13)28(2)19-37-20-36(26-64)31(5)24-61(37)56(69)48(57(70)82-61)55(68)60(11)39(27)16-15-38-49(60)29(3)18-30(4)51(38)80-46-23-43(50(67)32(6)74-46)79-44-22-41(66)53(34(8)76-44)81-45-21-40(65)52(72-12)33(7)75-45/h14-16,19-20,29-35,37-47,49-54,64-68H,17-18,21-26,62H2,1-13H3,(H,63,71)/t29-,30-,31+,32-,33-,34-,35+,37+,38-,39-,40+,41+,42-,43+,44-,45+,46-,47-,49+,50-,51-,52-,53-,54-,59-,60+,61-/m0/s1. The first-order valence-electron chi connectivity index (χ1n) is 29.7. The molecule has 6 fully saturated rings. The number of Topliss-reactive ketones (excluding diaryl/α,β-unsaturated/α-hetero) is 1. The number of allylic oxidation sites excluding steroid dienone is 3. The minimum absolute atomic E-state index is 0.0320. The van der Waals surface area contributed by atoms with Crippen molar-refractivity contribution in [3.05, 3.63) is 58.4 Å². The van der Waals surface area contributed by atoms with Crippen LogP contribution in [0.25, 0.3) is 0 Å². The molecule has 1 spiro atoms. The van der Waals surface area contributed by atoms with Crippen molar-refractivity contribution >= 4 is 17.8 Å². The van der Waals surface area contributed by atoms with Gasteiger partial charge in [-0.15, -0.1) is 0 Å². The number of ether oxygens (including phenoxy) is 11. The summed E-state index contributed by atoms with van der Waals surface area (Å²) in [5.41, 5.74) is 4.75. The summed E-state index contributed by atoms with van der Waals surface area (Å²) in [5, 5.41) is 60.3. The molecule has 5 saturated heterocycles. The molecule has 0 radical (unpaired) electrons. The normalized spacial score (nSPS) is 48.1. The van der Waals surface area contributed by atoms with Gasteiger partial charge in [0, 0.05) is 67.9 Å². The highest BCUT2D eigenvalue weighted by Gasteiger charge is 2.64. The van der Waals surface area contributed by atoms with Crippen molar-refractivity contribution in [2.45, 2.75) is 237 Å². The third-order valence-electron chi connectivity index (χ3n) is 19.9. The molecule has 1 amide bonds. The van der Waals surface area contributed by atoms with E-state index < -0.39 is 157 Å². The number of ketones is 1. The number of aliphatic hydroxyl groups is 5. The number of aliphatic hydroxyl groups excluding tert-OH is 5. The van der Waals surface area contributed by atoms with Crippen molar-refractivity contribution in [1.29, 1.82) is 0 Å². The Morgan fingerprint density at radius 3 is 2.00 bits per heavy atom. The number of amides is 1. The zero-order valence-electron chi connectivity index (χ0n) is 49.9. The van der Waals surface area contributed by atoms with Crippen LogP contribution in [0.2, 0.25) is 0 Å². The molecular formula is C61H92N2O19. The van der Waals surface area contributed by atoms with Crippen molar-refractivity contribution in [2.24, 2.45) is 52.6 Å². The molecular weight excluding hydrogens is 1060 g/mol. The second kappa shape index (κ2) is 24.6. The van der Waals surface area contributed by atoms with Gasteiger partial charge in [-0.3, -0.25) is 4.79 Å². The minimum atomic E-state index is -1.75. The van der Waals surface area contributed by atoms with E-state index in [2.05, 4.69) is 37.4 Å². The van der Waals surface area contributed by atoms with E-state index in [1.54, 1.807) is 26.8 Å². The third-order valence-corrected chi connectivity index (χ3v) is 19.9. The molecule has 9 rings (SSSR count). The largest absolute Gasteiger partial charge is 0.511 e. The fraction of sp³-hybridized carbons (Fsp3) is 0.787. The maximum absolute atomic E-state index is 15.6. The molecule has 21 heteroatoms. The van der Waals surface area contributed by atoms with E-state index in [9.17, 15) is 35.1 Å². The molecule has 82 heavy (non-hydrogen) atoms. The summed E-state index contributed by atoms with van der Waals surface area (Å²) in [6, 6.07) is -0.595. The van der Waals surface area contributed by atoms with Crippen LogP contribution >= 0.6 is 0 Å². The summed E-state index contributed by atoms with van der Waals surface area (Å²) >= 11 is 0. The molecule has 27 atom stereocenters. The van der Waals surface area contributed by atoms with Crippen molar-refractivity contribution in [1.82, 2.24) is 5.32 Å². The number of hydrogen-bond donors (Lipinski definition) is 7. The molecule has 2 bridgehead atoms. The first-order valence-corrected chi connectivity index (χ1v) is 29.7. The Kier molecular flexibility index (Phi) is 18.9. The predicted octanol–water partition coefficient (Wildman–Crippen LogP) is 5.25. The Labute approximate surface area is 482 Å². The fourth-order valence-electron chi connectivity index (χ4n) is 15.7. The van der Waals surface area contributed by atoms with Crippen molar-refractivity contribution in [2.75, 3.05) is 20.8 Å². The molecule has 460 valence electrons. The number of carbonyl (C=O) groups is 3. The van der Waals surface area contributed by atoms with Crippen LogP contribution in [0, 0.1) is 46.8 Å². The lowest BCUT2D eigenvalue weighted by atomic mass is 9.49. The fourth-order valence-corrected chi connectivity index (χ4v) is 15.7. The SMILES string of the molecule is COC(=O)N[C@H]1[C@@H](C)O[C@@H](O[C@H]2CC=C(C)[C@@H]3C=C[C@@H]4[C@@H](O[C@H]5C[C@@H](O[C@H]6C[C@@H](O)[C@@H](O[C@@H]7C[C@@H](O)[C@@H](OC)[C@H](C)O7)[C@H](C)O6)[C@@H](O)[C@H](C)O5)[C@@H](C)C[C@H](C)[C@H]4[C@]3(C)C(O)=C3C(=O)O[C@]4(C[C@@H](C)C(CO)=C[C@H]4C=C2C)C3=O)C[C@]1(C)N. The molecule has 0 aromatic carbocycles. The highest BCUT2D eigenvalue weighted by Crippen LogP contribution is 2.61. The number of alkyl carbamates (subject to hydrolysis) is 1. The highest BCUT2D eigenvalue weighted by atomic mass is 16.7. The van der Waals surface area contributed by atoms with Gasteiger partial charge >= 0.3 is 12.1 Å². The molecule has 1 saturated carbocycles. The topological polar surface area (TPSA) is 292 Å². The lowest BCUT2D eigenvalue weighted by molar-refractivity contribution is -0.335. The lowest BCUT2D eigenvalue weighted by Crippen LogP contribution is -2.66. The first-order chi connectivity index (χ1) is 38.6. The summed E-state index contributed by atoms with van der Waals surface area (Å²) < 4.78 is 68.4. The van der Waals surface area contributed by atoms with Crippen LogP contribution < -0.4 is 11.1 Å². The average Bonchev–Trinajstić information content (AvgIpc) is 3.56. The van der Waals surface area contributed by atoms with Crippen LogP contribution in [0.1, 0.15) is 121 Å². The monoisotopic (exact) mass is 1160 g/mol. The Morgan fingerprint density at radius 2 is 1.37 bits per heavy atom. The quantitative estimate of drug-likeness (QED) is 0.0789. The van der Waals surface area contributed by atoms with Gasteiger partial charge in [-0.25, -0.2) is 9.59 Å². The van der Waals surface area contributed by atoms with Crippen LogP contribution in [0.5, 0.6) is 0 Å². The number of nitrogens with one attached hydrogen (secondary N) is 1. The van der Waals surface area contributed by atoms with Gasteiger partial charge in [-0.1, -0.05) is 63.6 Å². The van der Waals surface area contributed by atoms with Gasteiger partial charge in [0.25, 0.3) is 0 Å². The number of nitrogens with two attached hydrogens (primary N) is 1. The molecule has 5 heterocycles. The van der Waals surface area contributed by atoms with Crippen LogP contribution in [-0.2, 0) is 61.7 Å². The Balaban J connectivity index is 1.00. The van der Waals surface area contributed by atoms with Crippen LogP contribution in [0.3, 0.4) is 0 Å². The smallest absolute Gasteiger partial charge is 0.407 e. The molecule has 0 unspecified atom stereocenters. The number of methoxy groups -OCH3 is 2. The van der Waals surface area contributed by atoms with E-state index >= 15 is 4.79 Å². The lowest BCUT2D eigenvalue weighted by Gasteiger charge is -2.56. The maximum Gasteiger partial charge on any atom is 0.407 e. The van der Waals surface area contributed by atoms with Gasteiger partial charge < -0.3 is 88.7 Å². The zero-order chi connectivity index (χ0) is 59.7. The maximum atomic E-state index is 15.6. The molecule has 0 aromatic heterocycles. The molecule has 21 nitrogen and oxygen atoms in total. The van der Waals surface area contributed by atoms with Gasteiger partial charge in [-0.05, 0) is 96.1 Å². The third kappa shape index (κ3) is 11.8. The average molecular weight is 1160 g/mol. The van der Waals surface area contributed by atoms with E-state index in [4.69, 9.17) is 57.8 Å². The minimum Gasteiger partial charge on any atom is -0.511 e. The van der Waals surface area contributed by atoms with E-state index in [1.165, 1.54) is 14.2 Å². The summed E-state index contributed by atoms with van der Waals surface area (Å²) in [7, 11) is 2.79. The summed E-state index contributed by atoms with van der Waals surface area (Å²) in [6.45, 7) is 20.6. The Bertz CT molecular complexity index is 2490. The zero-order valence-corrected chi connectivity index (χ0v) is 49.9. The number of carbonyl (C=O) groups excluding carboxylic acids is 3. The van der Waals surface area contributed by atoms with E-state index in [1.807, 2.05) is 47.6 Å². The van der Waals surface area contributed by atoms with Gasteiger partial charge in [0.15, 0.2) is 30.8 Å². The van der Waals surface area contributed by atoms with Gasteiger partial charge in [0.1, 0.15) is 29.6 Å². The van der Waals surface area contributed by atoms with Gasteiger partial charge in [0.05, 0.1) is 74.7 Å². The number of hydrogen-bond acceptors (Lipinski definition) is 20. The Morgan fingerprint density at radius 1 is 0.744 bits per heavy atom. The van der Waals surface area contributed by atoms with Crippen molar-refractivity contribution in [3.8, 4) is 0 Å². The molecule has 4 aliphatic carbocycles. The molecule has 9 aliphatic rings. The predicted molar refractivity (Wildman–Crippen MR) is 295 cm³/mol. The van der Waals surface area contributed by atoms with E-state index in [0.29, 0.717) is 24.0 Å². The first kappa shape index (κ1) is 62.9. The van der Waals surface area contributed by atoms with E-state index in [0.717, 1.165) is 5.57 Å². The number of esters is 1. The van der Waals surface area contributed by atoms with Gasteiger partial charge in [-0.2, -0.15) is 0 Å². The molecule has 0 aromatic rings. The summed E-state index contributed by atoms with van der Waals surface area (Å²) in [5.74, 6) is -4.54. The Hall–Kier alpha value is -3.65. The molecule has 8 N–H and O–H groups in total. The van der Waals surface area contributed by atoms with Crippen LogP contribution in [-0.4, -0.2) is 180 Å². The number of fused-ring (bicyclic) bond motifs is 4. The molecule has 5 aliphatic heterocycles. The second-order valence-corrected chi connectivity index (χ2v) is 25.8. The van der Waals surface area contributed by atoms with E-state index in [-0.39, 0.29) is 73.7 Å². The van der Waals surface area contributed by atoms with Crippen LogP contribution in [0.15, 0.2) is 58.4 Å². The number of rotatable bonds is 11. The van der Waals surface area contributed by atoms with Crippen molar-refractivity contribution < 1.29 is 92.0 Å². The van der Waals surface area contributed by atoms with Gasteiger partial charge in [0.2, 0.25) is 5.78 Å². The van der Waals surface area contributed by atoms with Crippen LogP contribution in [0.4, 0.5) is 4.79 Å². The van der Waals surface area contributed by atoms with Crippen molar-refractivity contribution in [3.63, 3.8) is 0 Å². The summed E-state index contributed by atoms with van der Waals surface area (Å²) in [6.07, 6.45) is -1.16. The second-order valence-electron chi connectivity index (χ2n) is 25.8. The highest BCUT2D eigenvalue weighted by molar-refractivity contribution is 6.26. The summed E-state index contributed by atoms with van der Waals surface area (Å²) in [4.78, 5) is 42.6.